The van der Waals surface area contributed by atoms with E-state index in [9.17, 15) is 14.4 Å². The Morgan fingerprint density at radius 1 is 1.00 bits per heavy atom. The van der Waals surface area contributed by atoms with Crippen molar-refractivity contribution < 1.29 is 4.79 Å². The van der Waals surface area contributed by atoms with E-state index in [0.29, 0.717) is 29.4 Å². The van der Waals surface area contributed by atoms with Gasteiger partial charge in [-0.25, -0.2) is 0 Å². The molecule has 6 heteroatoms. The van der Waals surface area contributed by atoms with Gasteiger partial charge in [0.25, 0.3) is 16.8 Å². The molecule has 1 amide bonds. The monoisotopic (exact) mass is 431 g/mol. The number of hydrogen-bond acceptors (Lipinski definition) is 5. The molecule has 0 aliphatic carbocycles. The number of hydrogen-bond donors (Lipinski definition) is 2. The maximum Gasteiger partial charge on any atom is 0.253 e. The summed E-state index contributed by atoms with van der Waals surface area (Å²) >= 11 is 0. The summed E-state index contributed by atoms with van der Waals surface area (Å²) in [5.41, 5.74) is 2.69. The van der Waals surface area contributed by atoms with Crippen molar-refractivity contribution in [3.8, 4) is 0 Å². The standard InChI is InChI=1S/C26H29N3O3/c1-17-12-14-29(15-13-17)23-22(24(30)25(23)31)27-16-19-8-10-21(11-9-19)26(32)28-18(2)20-6-4-3-5-7-20/h3-11,17-18,27H,12-16H2,1-2H3,(H,28,32). The number of carbonyl (C=O) groups is 1. The van der Waals surface area contributed by atoms with Crippen molar-refractivity contribution in [3.63, 3.8) is 0 Å². The van der Waals surface area contributed by atoms with Crippen LogP contribution in [0.4, 0.5) is 11.4 Å². The molecule has 1 unspecified atom stereocenters. The van der Waals surface area contributed by atoms with E-state index in [0.717, 1.165) is 37.1 Å². The highest BCUT2D eigenvalue weighted by Crippen LogP contribution is 2.26. The van der Waals surface area contributed by atoms with Crippen molar-refractivity contribution in [1.82, 2.24) is 5.32 Å². The van der Waals surface area contributed by atoms with Gasteiger partial charge in [0.2, 0.25) is 0 Å². The quantitative estimate of drug-likeness (QED) is 0.559. The molecule has 1 atom stereocenters. The predicted octanol–water partition coefficient (Wildman–Crippen LogP) is 3.62. The molecule has 6 nitrogen and oxygen atoms in total. The van der Waals surface area contributed by atoms with E-state index in [2.05, 4.69) is 17.6 Å². The molecule has 2 N–H and O–H groups in total. The lowest BCUT2D eigenvalue weighted by molar-refractivity contribution is 0.0940. The normalized spacial score (nSPS) is 15.5. The lowest BCUT2D eigenvalue weighted by Crippen LogP contribution is -2.45. The fourth-order valence-corrected chi connectivity index (χ4v) is 4.15. The number of carbonyl (C=O) groups excluding carboxylic acids is 1. The number of amides is 1. The van der Waals surface area contributed by atoms with Crippen LogP contribution in [0.2, 0.25) is 0 Å². The third-order valence-corrected chi connectivity index (χ3v) is 6.32. The lowest BCUT2D eigenvalue weighted by atomic mass is 9.98. The summed E-state index contributed by atoms with van der Waals surface area (Å²) < 4.78 is 0. The Kier molecular flexibility index (Phi) is 6.40. The van der Waals surface area contributed by atoms with E-state index in [1.54, 1.807) is 12.1 Å². The van der Waals surface area contributed by atoms with Crippen LogP contribution in [0.1, 0.15) is 54.2 Å². The molecule has 4 rings (SSSR count). The molecule has 1 fully saturated rings. The summed E-state index contributed by atoms with van der Waals surface area (Å²) in [6.45, 7) is 6.21. The summed E-state index contributed by atoms with van der Waals surface area (Å²) in [4.78, 5) is 38.8. The number of benzene rings is 2. The van der Waals surface area contributed by atoms with Crippen molar-refractivity contribution in [3.05, 3.63) is 91.7 Å². The van der Waals surface area contributed by atoms with E-state index in [4.69, 9.17) is 0 Å². The molecule has 1 saturated heterocycles. The van der Waals surface area contributed by atoms with E-state index in [1.165, 1.54) is 0 Å². The van der Waals surface area contributed by atoms with E-state index < -0.39 is 5.43 Å². The van der Waals surface area contributed by atoms with E-state index >= 15 is 0 Å². The zero-order valence-corrected chi connectivity index (χ0v) is 18.6. The second-order valence-electron chi connectivity index (χ2n) is 8.71. The minimum atomic E-state index is -0.440. The van der Waals surface area contributed by atoms with Gasteiger partial charge < -0.3 is 15.5 Å². The van der Waals surface area contributed by atoms with Crippen molar-refractivity contribution >= 4 is 17.3 Å². The molecule has 1 heterocycles. The fraction of sp³-hybridized carbons (Fsp3) is 0.346. The maximum atomic E-state index is 12.6. The van der Waals surface area contributed by atoms with E-state index in [1.807, 2.05) is 54.3 Å². The van der Waals surface area contributed by atoms with Gasteiger partial charge in [-0.2, -0.15) is 0 Å². The summed E-state index contributed by atoms with van der Waals surface area (Å²) in [7, 11) is 0. The second-order valence-corrected chi connectivity index (χ2v) is 8.71. The average molecular weight is 432 g/mol. The van der Waals surface area contributed by atoms with Crippen molar-refractivity contribution in [2.75, 3.05) is 23.3 Å². The van der Waals surface area contributed by atoms with Crippen molar-refractivity contribution in [1.29, 1.82) is 0 Å². The van der Waals surface area contributed by atoms with Crippen LogP contribution >= 0.6 is 0 Å². The molecule has 0 saturated carbocycles. The highest BCUT2D eigenvalue weighted by Gasteiger charge is 2.28. The highest BCUT2D eigenvalue weighted by molar-refractivity contribution is 5.94. The maximum absolute atomic E-state index is 12.6. The Bertz CT molecular complexity index is 1140. The first-order valence-electron chi connectivity index (χ1n) is 11.2. The van der Waals surface area contributed by atoms with Crippen LogP contribution in [0.3, 0.4) is 0 Å². The fourth-order valence-electron chi connectivity index (χ4n) is 4.15. The topological polar surface area (TPSA) is 78.5 Å². The number of rotatable bonds is 7. The smallest absolute Gasteiger partial charge is 0.253 e. The molecule has 0 spiro atoms. The van der Waals surface area contributed by atoms with Gasteiger partial charge in [0.1, 0.15) is 11.4 Å². The van der Waals surface area contributed by atoms with Crippen LogP contribution in [0.5, 0.6) is 0 Å². The molecule has 0 radical (unpaired) electrons. The minimum Gasteiger partial charge on any atom is -0.376 e. The third kappa shape index (κ3) is 4.59. The van der Waals surface area contributed by atoms with Gasteiger partial charge in [-0.15, -0.1) is 0 Å². The van der Waals surface area contributed by atoms with Gasteiger partial charge in [-0.3, -0.25) is 14.4 Å². The molecule has 3 aromatic carbocycles. The van der Waals surface area contributed by atoms with Crippen LogP contribution in [-0.2, 0) is 6.54 Å². The Morgan fingerprint density at radius 2 is 1.66 bits per heavy atom. The number of nitrogens with one attached hydrogen (secondary N) is 2. The first kappa shape index (κ1) is 21.8. The van der Waals surface area contributed by atoms with Gasteiger partial charge in [-0.05, 0) is 48.9 Å². The largest absolute Gasteiger partial charge is 0.376 e. The summed E-state index contributed by atoms with van der Waals surface area (Å²) in [5.74, 6) is 0.519. The molecule has 0 bridgehead atoms. The summed E-state index contributed by atoms with van der Waals surface area (Å²) in [5, 5.41) is 6.15. The van der Waals surface area contributed by atoms with Crippen LogP contribution in [0.25, 0.3) is 0 Å². The van der Waals surface area contributed by atoms with Crippen molar-refractivity contribution in [2.45, 2.75) is 39.3 Å². The Labute approximate surface area is 188 Å². The molecule has 0 aromatic heterocycles. The number of nitrogens with zero attached hydrogens (tertiary/aromatic N) is 1. The summed E-state index contributed by atoms with van der Waals surface area (Å²) in [6.07, 6.45) is 2.06. The van der Waals surface area contributed by atoms with Gasteiger partial charge in [0, 0.05) is 25.2 Å². The van der Waals surface area contributed by atoms with Crippen LogP contribution < -0.4 is 26.4 Å². The summed E-state index contributed by atoms with van der Waals surface area (Å²) in [6, 6.07) is 17.0. The zero-order chi connectivity index (χ0) is 22.7. The average Bonchev–Trinajstić information content (AvgIpc) is 2.83. The number of anilines is 2. The van der Waals surface area contributed by atoms with Crippen LogP contribution in [-0.4, -0.2) is 19.0 Å². The Hall–Kier alpha value is -3.41. The van der Waals surface area contributed by atoms with Gasteiger partial charge in [0.15, 0.2) is 0 Å². The molecular weight excluding hydrogens is 402 g/mol. The first-order chi connectivity index (χ1) is 15.4. The Balaban J connectivity index is 1.36. The van der Waals surface area contributed by atoms with Crippen molar-refractivity contribution in [2.24, 2.45) is 5.92 Å². The van der Waals surface area contributed by atoms with Gasteiger partial charge in [0.05, 0.1) is 6.04 Å². The molecular formula is C26H29N3O3. The molecule has 1 aliphatic rings. The second kappa shape index (κ2) is 9.39. The predicted molar refractivity (Wildman–Crippen MR) is 128 cm³/mol. The lowest BCUT2D eigenvalue weighted by Gasteiger charge is -2.33. The molecule has 3 aromatic rings. The zero-order valence-electron chi connectivity index (χ0n) is 18.6. The SMILES string of the molecule is CC1CCN(c2c(NCc3ccc(C(=O)NC(C)c4ccccc4)cc3)c(=O)c2=O)CC1. The van der Waals surface area contributed by atoms with Crippen LogP contribution in [0.15, 0.2) is 64.2 Å². The third-order valence-electron chi connectivity index (χ3n) is 6.32. The first-order valence-corrected chi connectivity index (χ1v) is 11.2. The number of piperidine rings is 1. The molecule has 1 aliphatic heterocycles. The minimum absolute atomic E-state index is 0.0876. The molecule has 166 valence electrons. The van der Waals surface area contributed by atoms with Gasteiger partial charge in [-0.1, -0.05) is 49.4 Å². The van der Waals surface area contributed by atoms with Gasteiger partial charge >= 0.3 is 0 Å². The van der Waals surface area contributed by atoms with E-state index in [-0.39, 0.29) is 17.4 Å². The highest BCUT2D eigenvalue weighted by atomic mass is 16.2. The Morgan fingerprint density at radius 3 is 2.31 bits per heavy atom. The van der Waals surface area contributed by atoms with Crippen LogP contribution in [0, 0.1) is 5.92 Å². The molecule has 32 heavy (non-hydrogen) atoms.